The quantitative estimate of drug-likeness (QED) is 0.447. The molecule has 0 saturated carbocycles. The highest BCUT2D eigenvalue weighted by Crippen LogP contribution is 1.50. The van der Waals surface area contributed by atoms with Gasteiger partial charge in [-0.05, 0) is 14.1 Å². The second-order valence-electron chi connectivity index (χ2n) is 1.81. The van der Waals surface area contributed by atoms with Crippen LogP contribution in [0.4, 0.5) is 0 Å². The van der Waals surface area contributed by atoms with Gasteiger partial charge in [0.2, 0.25) is 0 Å². The summed E-state index contributed by atoms with van der Waals surface area (Å²) in [5, 5.41) is 6.96. The van der Waals surface area contributed by atoms with Gasteiger partial charge in [-0.3, -0.25) is 19.8 Å². The van der Waals surface area contributed by atoms with Crippen LogP contribution < -0.4 is 16.4 Å². The van der Waals surface area contributed by atoms with Gasteiger partial charge in [0.25, 0.3) is 11.1 Å². The second kappa shape index (κ2) is 5.43. The summed E-state index contributed by atoms with van der Waals surface area (Å²) in [6.07, 6.45) is 0. The fourth-order valence-electron chi connectivity index (χ4n) is 0.358. The number of H-pyrrole nitrogens is 2. The van der Waals surface area contributed by atoms with E-state index in [1.54, 1.807) is 0 Å². The van der Waals surface area contributed by atoms with Gasteiger partial charge >= 0.3 is 0 Å². The fraction of sp³-hybridized carbons (Fsp3) is 0.333. The van der Waals surface area contributed by atoms with Crippen LogP contribution in [0.1, 0.15) is 0 Å². The first-order valence-electron chi connectivity index (χ1n) is 3.07. The van der Waals surface area contributed by atoms with Crippen LogP contribution in [0.3, 0.4) is 0 Å². The Morgan fingerprint density at radius 2 is 1.36 bits per heavy atom. The number of aromatic amines is 2. The summed E-state index contributed by atoms with van der Waals surface area (Å²) in [6, 6.07) is 2.33. The summed E-state index contributed by atoms with van der Waals surface area (Å²) in [7, 11) is 3.75. The Labute approximate surface area is 63.4 Å². The third-order valence-corrected chi connectivity index (χ3v) is 0.695. The molecular weight excluding hydrogens is 146 g/mol. The number of hydrogen-bond donors (Lipinski definition) is 3. The number of aromatic nitrogens is 2. The summed E-state index contributed by atoms with van der Waals surface area (Å²) < 4.78 is 0. The van der Waals surface area contributed by atoms with Gasteiger partial charge in [0.1, 0.15) is 0 Å². The van der Waals surface area contributed by atoms with Crippen LogP contribution in [-0.2, 0) is 0 Å². The molecule has 1 aromatic heterocycles. The summed E-state index contributed by atoms with van der Waals surface area (Å²) in [5.41, 5.74) is -0.603. The number of hydrogen-bond acceptors (Lipinski definition) is 3. The van der Waals surface area contributed by atoms with Crippen molar-refractivity contribution in [3.63, 3.8) is 0 Å². The zero-order chi connectivity index (χ0) is 8.69. The first-order chi connectivity index (χ1) is 5.20. The van der Waals surface area contributed by atoms with Gasteiger partial charge in [-0.2, -0.15) is 0 Å². The molecule has 1 heterocycles. The van der Waals surface area contributed by atoms with Crippen LogP contribution in [0.2, 0.25) is 0 Å². The Hall–Kier alpha value is -1.36. The Kier molecular flexibility index (Phi) is 4.76. The lowest BCUT2D eigenvalue weighted by molar-refractivity contribution is 0.952. The second-order valence-corrected chi connectivity index (χ2v) is 1.81. The summed E-state index contributed by atoms with van der Waals surface area (Å²) in [6.45, 7) is 0. The first-order valence-corrected chi connectivity index (χ1v) is 3.07. The molecule has 0 aromatic carbocycles. The molecule has 5 nitrogen and oxygen atoms in total. The van der Waals surface area contributed by atoms with Crippen LogP contribution in [0.25, 0.3) is 0 Å². The minimum absolute atomic E-state index is 0.301. The molecule has 0 spiro atoms. The largest absolute Gasteiger partial charge is 0.323 e. The summed E-state index contributed by atoms with van der Waals surface area (Å²) in [5.74, 6) is 0. The predicted octanol–water partition coefficient (Wildman–Crippen LogP) is -1.10. The highest BCUT2D eigenvalue weighted by molar-refractivity contribution is 4.82. The SMILES string of the molecule is CNC.O=c1ccc(=O)[nH][nH]1. The van der Waals surface area contributed by atoms with Gasteiger partial charge in [-0.25, -0.2) is 0 Å². The lowest BCUT2D eigenvalue weighted by Crippen LogP contribution is -2.14. The summed E-state index contributed by atoms with van der Waals surface area (Å²) in [4.78, 5) is 20.4. The van der Waals surface area contributed by atoms with Crippen LogP contribution in [0, 0.1) is 0 Å². The molecule has 0 aliphatic heterocycles. The van der Waals surface area contributed by atoms with Crippen LogP contribution in [0.5, 0.6) is 0 Å². The van der Waals surface area contributed by atoms with E-state index in [0.717, 1.165) is 0 Å². The molecule has 0 amide bonds. The van der Waals surface area contributed by atoms with Crippen molar-refractivity contribution < 1.29 is 0 Å². The first kappa shape index (κ1) is 9.64. The number of rotatable bonds is 0. The van der Waals surface area contributed by atoms with Gasteiger partial charge in [0.15, 0.2) is 0 Å². The lowest BCUT2D eigenvalue weighted by atomic mass is 10.6. The van der Waals surface area contributed by atoms with E-state index in [1.165, 1.54) is 12.1 Å². The van der Waals surface area contributed by atoms with E-state index >= 15 is 0 Å². The molecular formula is C6H11N3O2. The maximum atomic E-state index is 10.2. The van der Waals surface area contributed by atoms with Crippen molar-refractivity contribution in [2.24, 2.45) is 0 Å². The summed E-state index contributed by atoms with van der Waals surface area (Å²) >= 11 is 0. The van der Waals surface area contributed by atoms with Crippen LogP contribution in [0.15, 0.2) is 21.7 Å². The van der Waals surface area contributed by atoms with Gasteiger partial charge < -0.3 is 5.32 Å². The van der Waals surface area contributed by atoms with E-state index in [2.05, 4.69) is 15.5 Å². The van der Waals surface area contributed by atoms with Gasteiger partial charge in [0.05, 0.1) is 0 Å². The monoisotopic (exact) mass is 157 g/mol. The molecule has 0 bridgehead atoms. The van der Waals surface area contributed by atoms with Crippen molar-refractivity contribution in [1.82, 2.24) is 15.5 Å². The normalized spacial score (nSPS) is 8.18. The van der Waals surface area contributed by atoms with E-state index in [4.69, 9.17) is 0 Å². The third kappa shape index (κ3) is 5.10. The highest BCUT2D eigenvalue weighted by atomic mass is 16.1. The topological polar surface area (TPSA) is 77.8 Å². The Balaban J connectivity index is 0.000000292. The van der Waals surface area contributed by atoms with Crippen molar-refractivity contribution in [1.29, 1.82) is 0 Å². The molecule has 1 aromatic rings. The molecule has 3 N–H and O–H groups in total. The van der Waals surface area contributed by atoms with E-state index < -0.39 is 0 Å². The molecule has 11 heavy (non-hydrogen) atoms. The average Bonchev–Trinajstić information content (AvgIpc) is 1.97. The molecule has 0 aliphatic carbocycles. The minimum Gasteiger partial charge on any atom is -0.323 e. The molecule has 1 rings (SSSR count). The Bertz CT molecular complexity index is 236. The van der Waals surface area contributed by atoms with E-state index in [1.807, 2.05) is 14.1 Å². The van der Waals surface area contributed by atoms with Crippen LogP contribution >= 0.6 is 0 Å². The van der Waals surface area contributed by atoms with Crippen molar-refractivity contribution >= 4 is 0 Å². The molecule has 5 heteroatoms. The number of nitrogens with one attached hydrogen (secondary N) is 3. The molecule has 0 atom stereocenters. The van der Waals surface area contributed by atoms with Gasteiger partial charge in [-0.15, -0.1) is 0 Å². The zero-order valence-corrected chi connectivity index (χ0v) is 6.47. The van der Waals surface area contributed by atoms with E-state index in [0.29, 0.717) is 0 Å². The van der Waals surface area contributed by atoms with E-state index in [9.17, 15) is 9.59 Å². The van der Waals surface area contributed by atoms with Crippen molar-refractivity contribution in [2.75, 3.05) is 14.1 Å². The minimum atomic E-state index is -0.301. The molecule has 0 fully saturated rings. The van der Waals surface area contributed by atoms with Crippen LogP contribution in [-0.4, -0.2) is 24.3 Å². The zero-order valence-electron chi connectivity index (χ0n) is 6.47. The van der Waals surface area contributed by atoms with Crippen molar-refractivity contribution in [2.45, 2.75) is 0 Å². The lowest BCUT2D eigenvalue weighted by Gasteiger charge is -1.76. The molecule has 0 aliphatic rings. The van der Waals surface area contributed by atoms with Crippen molar-refractivity contribution in [3.8, 4) is 0 Å². The van der Waals surface area contributed by atoms with Gasteiger partial charge in [-0.1, -0.05) is 0 Å². The van der Waals surface area contributed by atoms with Crippen molar-refractivity contribution in [3.05, 3.63) is 32.8 Å². The fourth-order valence-corrected chi connectivity index (χ4v) is 0.358. The molecule has 62 valence electrons. The highest BCUT2D eigenvalue weighted by Gasteiger charge is 1.77. The van der Waals surface area contributed by atoms with E-state index in [-0.39, 0.29) is 11.1 Å². The van der Waals surface area contributed by atoms with Gasteiger partial charge in [0, 0.05) is 12.1 Å². The maximum absolute atomic E-state index is 10.2. The third-order valence-electron chi connectivity index (χ3n) is 0.695. The molecule has 0 unspecified atom stereocenters. The maximum Gasteiger partial charge on any atom is 0.262 e. The average molecular weight is 157 g/mol. The predicted molar refractivity (Wildman–Crippen MR) is 42.7 cm³/mol. The smallest absolute Gasteiger partial charge is 0.262 e. The Morgan fingerprint density at radius 3 is 1.55 bits per heavy atom. The standard InChI is InChI=1S/C4H4N2O2.C2H7N/c7-3-1-2-4(8)6-5-3;1-3-2/h1-2H,(H,5,7)(H,6,8);3H,1-2H3. The Morgan fingerprint density at radius 1 is 1.09 bits per heavy atom. The molecule has 0 saturated heterocycles. The molecule has 0 radical (unpaired) electrons.